The van der Waals surface area contributed by atoms with E-state index in [1.807, 2.05) is 39.0 Å². The van der Waals surface area contributed by atoms with Crippen molar-refractivity contribution in [1.82, 2.24) is 5.32 Å². The van der Waals surface area contributed by atoms with Gasteiger partial charge in [-0.1, -0.05) is 30.4 Å². The number of amides is 1. The Bertz CT molecular complexity index is 1200. The fraction of sp³-hybridized carbons (Fsp3) is 0.484. The number of nitrogens with one attached hydrogen (secondary N) is 1. The molecular formula is C31H39NO8. The van der Waals surface area contributed by atoms with Crippen LogP contribution in [0.4, 0.5) is 0 Å². The minimum absolute atomic E-state index is 0.0146. The second-order valence-electron chi connectivity index (χ2n) is 10.5. The molecule has 1 N–H and O–H groups in total. The number of esters is 1. The van der Waals surface area contributed by atoms with Gasteiger partial charge in [0.25, 0.3) is 5.91 Å². The van der Waals surface area contributed by atoms with E-state index in [-0.39, 0.29) is 24.8 Å². The van der Waals surface area contributed by atoms with Crippen LogP contribution in [0, 0.1) is 0 Å². The molecule has 0 saturated carbocycles. The molecule has 216 valence electrons. The number of ether oxygens (including phenoxy) is 6. The average molecular weight is 554 g/mol. The molecule has 9 nitrogen and oxygen atoms in total. The maximum Gasteiger partial charge on any atom is 0.338 e. The lowest BCUT2D eigenvalue weighted by atomic mass is 9.97. The van der Waals surface area contributed by atoms with Crippen LogP contribution in [-0.2, 0) is 18.9 Å². The van der Waals surface area contributed by atoms with E-state index in [1.165, 1.54) is 7.11 Å². The van der Waals surface area contributed by atoms with Crippen molar-refractivity contribution in [2.75, 3.05) is 21.0 Å². The van der Waals surface area contributed by atoms with Crippen molar-refractivity contribution in [2.45, 2.75) is 76.6 Å². The average Bonchev–Trinajstić information content (AvgIpc) is 3.24. The number of carbonyl (C=O) groups excluding carboxylic acids is 2. The van der Waals surface area contributed by atoms with Gasteiger partial charge in [0.05, 0.1) is 24.3 Å². The molecule has 0 spiro atoms. The maximum atomic E-state index is 13.5. The third-order valence-corrected chi connectivity index (χ3v) is 6.93. The van der Waals surface area contributed by atoms with Crippen LogP contribution in [0.15, 0.2) is 48.5 Å². The molecule has 1 saturated heterocycles. The van der Waals surface area contributed by atoms with Crippen molar-refractivity contribution in [3.05, 3.63) is 65.2 Å². The van der Waals surface area contributed by atoms with E-state index in [2.05, 4.69) is 5.32 Å². The summed E-state index contributed by atoms with van der Waals surface area (Å²) < 4.78 is 35.0. The summed E-state index contributed by atoms with van der Waals surface area (Å²) in [5.74, 6) is -0.597. The normalized spacial score (nSPS) is 25.5. The summed E-state index contributed by atoms with van der Waals surface area (Å²) in [4.78, 5) is 26.5. The summed E-state index contributed by atoms with van der Waals surface area (Å²) in [7, 11) is 3.08. The minimum atomic E-state index is -0.846. The Balaban J connectivity index is 1.68. The highest BCUT2D eigenvalue weighted by atomic mass is 16.8. The molecule has 9 heteroatoms. The van der Waals surface area contributed by atoms with Gasteiger partial charge in [-0.05, 0) is 70.2 Å². The van der Waals surface area contributed by atoms with Gasteiger partial charge in [0.1, 0.15) is 23.7 Å². The van der Waals surface area contributed by atoms with Gasteiger partial charge in [0, 0.05) is 19.2 Å². The first-order valence-electron chi connectivity index (χ1n) is 13.6. The first-order valence-corrected chi connectivity index (χ1v) is 13.6. The van der Waals surface area contributed by atoms with E-state index in [0.29, 0.717) is 53.9 Å². The molecular weight excluding hydrogens is 514 g/mol. The van der Waals surface area contributed by atoms with Crippen molar-refractivity contribution in [2.24, 2.45) is 0 Å². The van der Waals surface area contributed by atoms with Gasteiger partial charge in [-0.3, -0.25) is 4.79 Å². The Labute approximate surface area is 235 Å². The molecule has 4 rings (SSSR count). The van der Waals surface area contributed by atoms with Gasteiger partial charge in [-0.25, -0.2) is 4.79 Å². The molecule has 4 atom stereocenters. The zero-order chi connectivity index (χ0) is 28.7. The van der Waals surface area contributed by atoms with Crippen LogP contribution in [0.2, 0.25) is 0 Å². The highest BCUT2D eigenvalue weighted by molar-refractivity contribution is 6.01. The fourth-order valence-electron chi connectivity index (χ4n) is 5.09. The molecule has 2 aliphatic rings. The largest absolute Gasteiger partial charge is 0.497 e. The monoisotopic (exact) mass is 553 g/mol. The molecule has 0 radical (unpaired) electrons. The Morgan fingerprint density at radius 2 is 1.88 bits per heavy atom. The lowest BCUT2D eigenvalue weighted by Crippen LogP contribution is -2.39. The quantitative estimate of drug-likeness (QED) is 0.388. The predicted octanol–water partition coefficient (Wildman–Crippen LogP) is 5.13. The van der Waals surface area contributed by atoms with Gasteiger partial charge in [0.15, 0.2) is 12.6 Å². The van der Waals surface area contributed by atoms with Crippen molar-refractivity contribution >= 4 is 18.0 Å². The lowest BCUT2D eigenvalue weighted by molar-refractivity contribution is -0.156. The van der Waals surface area contributed by atoms with Gasteiger partial charge in [-0.2, -0.15) is 0 Å². The van der Waals surface area contributed by atoms with Crippen molar-refractivity contribution in [1.29, 1.82) is 0 Å². The molecule has 0 aromatic heterocycles. The lowest BCUT2D eigenvalue weighted by Gasteiger charge is -2.27. The van der Waals surface area contributed by atoms with Gasteiger partial charge in [-0.15, -0.1) is 0 Å². The first-order chi connectivity index (χ1) is 19.2. The molecule has 1 amide bonds. The molecule has 2 aromatic rings. The van der Waals surface area contributed by atoms with E-state index in [4.69, 9.17) is 28.4 Å². The molecule has 2 aliphatic heterocycles. The van der Waals surface area contributed by atoms with E-state index in [9.17, 15) is 9.59 Å². The van der Waals surface area contributed by atoms with Crippen LogP contribution < -0.4 is 14.8 Å². The van der Waals surface area contributed by atoms with Crippen LogP contribution in [0.5, 0.6) is 11.5 Å². The van der Waals surface area contributed by atoms with E-state index >= 15 is 0 Å². The Morgan fingerprint density at radius 1 is 1.10 bits per heavy atom. The second-order valence-corrected chi connectivity index (χ2v) is 10.5. The summed E-state index contributed by atoms with van der Waals surface area (Å²) in [6.07, 6.45) is 4.80. The Morgan fingerprint density at radius 3 is 2.60 bits per heavy atom. The smallest absolute Gasteiger partial charge is 0.338 e. The Kier molecular flexibility index (Phi) is 9.84. The van der Waals surface area contributed by atoms with Gasteiger partial charge >= 0.3 is 5.97 Å². The molecule has 1 fully saturated rings. The fourth-order valence-corrected chi connectivity index (χ4v) is 5.09. The number of hydrogen-bond acceptors (Lipinski definition) is 8. The van der Waals surface area contributed by atoms with Gasteiger partial charge < -0.3 is 33.7 Å². The summed E-state index contributed by atoms with van der Waals surface area (Å²) in [5, 5.41) is 3.09. The summed E-state index contributed by atoms with van der Waals surface area (Å²) in [6, 6.07) is 12.2. The minimum Gasteiger partial charge on any atom is -0.497 e. The molecule has 3 unspecified atom stereocenters. The van der Waals surface area contributed by atoms with Crippen LogP contribution in [0.3, 0.4) is 0 Å². The summed E-state index contributed by atoms with van der Waals surface area (Å²) in [6.45, 7) is 5.65. The van der Waals surface area contributed by atoms with Crippen molar-refractivity contribution in [3.8, 4) is 11.5 Å². The number of benzene rings is 2. The highest BCUT2D eigenvalue weighted by Gasteiger charge is 2.46. The van der Waals surface area contributed by atoms with Crippen LogP contribution in [0.25, 0.3) is 6.08 Å². The van der Waals surface area contributed by atoms with Crippen molar-refractivity contribution < 1.29 is 38.0 Å². The Hall–Kier alpha value is -3.40. The predicted molar refractivity (Wildman–Crippen MR) is 149 cm³/mol. The van der Waals surface area contributed by atoms with Crippen molar-refractivity contribution in [3.63, 3.8) is 0 Å². The van der Waals surface area contributed by atoms with E-state index < -0.39 is 24.0 Å². The third kappa shape index (κ3) is 7.41. The number of rotatable bonds is 6. The SMILES string of the molecule is COCOc1cc(OC)cc2c1C(=O)NC(C)CCCC(OC(=O)c1ccccc1)C1OC(C)(C)O[C@H]1C/C=C/2. The van der Waals surface area contributed by atoms with Gasteiger partial charge in [0.2, 0.25) is 0 Å². The molecule has 0 bridgehead atoms. The third-order valence-electron chi connectivity index (χ3n) is 6.93. The molecule has 40 heavy (non-hydrogen) atoms. The zero-order valence-electron chi connectivity index (χ0n) is 23.8. The molecule has 2 aromatic carbocycles. The molecule has 0 aliphatic carbocycles. The number of carbonyl (C=O) groups is 2. The van der Waals surface area contributed by atoms with Crippen LogP contribution in [0.1, 0.15) is 72.7 Å². The topological polar surface area (TPSA) is 102 Å². The van der Waals surface area contributed by atoms with E-state index in [0.717, 1.165) is 0 Å². The molecule has 2 heterocycles. The summed E-state index contributed by atoms with van der Waals surface area (Å²) in [5.41, 5.74) is 1.51. The first kappa shape index (κ1) is 29.6. The standard InChI is InChI=1S/C31H39NO8/c1-20-11-9-15-24(38-30(34)21-12-7-6-8-13-21)28-25(39-31(2,3)40-28)16-10-14-22-17-23(36-5)18-26(37-19-35-4)27(22)29(33)32-20/h6-8,10,12-14,17-18,20,24-25,28H,9,11,15-16,19H2,1-5H3,(H,32,33)/b14-10+/t20?,24?,25-,28?/m0/s1. The van der Waals surface area contributed by atoms with E-state index in [1.54, 1.807) is 43.5 Å². The zero-order valence-corrected chi connectivity index (χ0v) is 23.8. The van der Waals surface area contributed by atoms with Crippen LogP contribution >= 0.6 is 0 Å². The second kappa shape index (κ2) is 13.3. The maximum absolute atomic E-state index is 13.5. The van der Waals surface area contributed by atoms with Crippen LogP contribution in [-0.4, -0.2) is 63.0 Å². The highest BCUT2D eigenvalue weighted by Crippen LogP contribution is 2.36. The number of methoxy groups -OCH3 is 2. The summed E-state index contributed by atoms with van der Waals surface area (Å²) >= 11 is 0. The number of hydrogen-bond donors (Lipinski definition) is 1. The number of fused-ring (bicyclic) bond motifs is 2.